The highest BCUT2D eigenvalue weighted by Crippen LogP contribution is 2.18. The van der Waals surface area contributed by atoms with Crippen LogP contribution in [-0.2, 0) is 0 Å². The molecule has 0 aromatic heterocycles. The Morgan fingerprint density at radius 3 is 2.71 bits per heavy atom. The topological polar surface area (TPSA) is 26.7 Å². The molecule has 1 saturated heterocycles. The number of alkyl halides is 2. The molecule has 0 aromatic rings. The first kappa shape index (κ1) is 14.8. The third-order valence-electron chi connectivity index (χ3n) is 3.51. The van der Waals surface area contributed by atoms with Gasteiger partial charge in [-0.15, -0.1) is 0 Å². The van der Waals surface area contributed by atoms with Crippen LogP contribution in [0.3, 0.4) is 0 Å². The quantitative estimate of drug-likeness (QED) is 0.740. The Balaban J connectivity index is 2.28. The lowest BCUT2D eigenvalue weighted by Gasteiger charge is -2.34. The lowest BCUT2D eigenvalue weighted by molar-refractivity contribution is 0.0696. The molecule has 1 fully saturated rings. The van der Waals surface area contributed by atoms with Crippen LogP contribution in [0.25, 0.3) is 0 Å². The first-order valence-electron chi connectivity index (χ1n) is 6.45. The molecule has 17 heavy (non-hydrogen) atoms. The second-order valence-electron chi connectivity index (χ2n) is 4.83. The van der Waals surface area contributed by atoms with E-state index in [4.69, 9.17) is 5.11 Å². The SMILES string of the molecule is CN1CCCCC1CCN(CCO)CC(F)F. The molecule has 0 aliphatic carbocycles. The van der Waals surface area contributed by atoms with Crippen LogP contribution in [0.5, 0.6) is 0 Å². The Bertz CT molecular complexity index is 205. The Morgan fingerprint density at radius 1 is 1.35 bits per heavy atom. The van der Waals surface area contributed by atoms with Crippen molar-refractivity contribution in [3.05, 3.63) is 0 Å². The largest absolute Gasteiger partial charge is 0.395 e. The van der Waals surface area contributed by atoms with Crippen molar-refractivity contribution in [1.82, 2.24) is 9.80 Å². The van der Waals surface area contributed by atoms with Gasteiger partial charge < -0.3 is 10.0 Å². The van der Waals surface area contributed by atoms with Crippen molar-refractivity contribution in [3.8, 4) is 0 Å². The summed E-state index contributed by atoms with van der Waals surface area (Å²) in [5, 5.41) is 8.84. The molecule has 102 valence electrons. The molecule has 0 spiro atoms. The number of likely N-dealkylation sites (tertiary alicyclic amines) is 1. The number of halogens is 2. The summed E-state index contributed by atoms with van der Waals surface area (Å²) in [5.41, 5.74) is 0. The standard InChI is InChI=1S/C12H24F2N2O/c1-15-6-3-2-4-11(15)5-7-16(8-9-17)10-12(13)14/h11-12,17H,2-10H2,1H3. The zero-order chi connectivity index (χ0) is 12.7. The van der Waals surface area contributed by atoms with E-state index < -0.39 is 6.43 Å². The van der Waals surface area contributed by atoms with Crippen molar-refractivity contribution < 1.29 is 13.9 Å². The Hall–Kier alpha value is -0.260. The van der Waals surface area contributed by atoms with E-state index in [0.29, 0.717) is 19.1 Å². The third-order valence-corrected chi connectivity index (χ3v) is 3.51. The Kier molecular flexibility index (Phi) is 6.92. The van der Waals surface area contributed by atoms with E-state index in [0.717, 1.165) is 19.4 Å². The second kappa shape index (κ2) is 7.95. The van der Waals surface area contributed by atoms with Crippen LogP contribution in [0.2, 0.25) is 0 Å². The minimum Gasteiger partial charge on any atom is -0.395 e. The minimum absolute atomic E-state index is 0.0484. The van der Waals surface area contributed by atoms with Gasteiger partial charge in [0.25, 0.3) is 6.43 Å². The molecule has 0 aromatic carbocycles. The maximum absolute atomic E-state index is 12.3. The summed E-state index contributed by atoms with van der Waals surface area (Å²) in [6, 6.07) is 0.516. The van der Waals surface area contributed by atoms with Crippen molar-refractivity contribution in [2.24, 2.45) is 0 Å². The molecule has 1 heterocycles. The summed E-state index contributed by atoms with van der Waals surface area (Å²) in [5.74, 6) is 0. The number of hydrogen-bond donors (Lipinski definition) is 1. The highest BCUT2D eigenvalue weighted by Gasteiger charge is 2.20. The summed E-state index contributed by atoms with van der Waals surface area (Å²) in [4.78, 5) is 3.98. The molecule has 5 heteroatoms. The van der Waals surface area contributed by atoms with Gasteiger partial charge >= 0.3 is 0 Å². The molecule has 0 amide bonds. The number of piperidine rings is 1. The van der Waals surface area contributed by atoms with Gasteiger partial charge in [-0.1, -0.05) is 6.42 Å². The van der Waals surface area contributed by atoms with Crippen LogP contribution in [0, 0.1) is 0 Å². The summed E-state index contributed by atoms with van der Waals surface area (Å²) in [6.07, 6.45) is 2.25. The van der Waals surface area contributed by atoms with Gasteiger partial charge in [0.15, 0.2) is 0 Å². The Morgan fingerprint density at radius 2 is 2.12 bits per heavy atom. The van der Waals surface area contributed by atoms with E-state index >= 15 is 0 Å². The van der Waals surface area contributed by atoms with Crippen LogP contribution in [0.4, 0.5) is 8.78 Å². The molecule has 0 saturated carbocycles. The van der Waals surface area contributed by atoms with Gasteiger partial charge in [-0.25, -0.2) is 8.78 Å². The van der Waals surface area contributed by atoms with Crippen molar-refractivity contribution in [3.63, 3.8) is 0 Å². The molecule has 1 atom stereocenters. The fourth-order valence-corrected chi connectivity index (χ4v) is 2.47. The lowest BCUT2D eigenvalue weighted by atomic mass is 10.00. The van der Waals surface area contributed by atoms with Gasteiger partial charge in [-0.2, -0.15) is 0 Å². The summed E-state index contributed by atoms with van der Waals surface area (Å²) < 4.78 is 24.6. The highest BCUT2D eigenvalue weighted by molar-refractivity contribution is 4.75. The number of aliphatic hydroxyl groups is 1. The first-order valence-corrected chi connectivity index (χ1v) is 6.45. The predicted molar refractivity (Wildman–Crippen MR) is 64.4 cm³/mol. The maximum atomic E-state index is 12.3. The van der Waals surface area contributed by atoms with Gasteiger partial charge in [0.1, 0.15) is 0 Å². The van der Waals surface area contributed by atoms with Gasteiger partial charge in [0.05, 0.1) is 13.2 Å². The minimum atomic E-state index is -2.31. The van der Waals surface area contributed by atoms with Gasteiger partial charge in [0.2, 0.25) is 0 Å². The van der Waals surface area contributed by atoms with E-state index in [1.165, 1.54) is 12.8 Å². The van der Waals surface area contributed by atoms with Gasteiger partial charge in [-0.3, -0.25) is 4.90 Å². The fourth-order valence-electron chi connectivity index (χ4n) is 2.47. The van der Waals surface area contributed by atoms with Crippen molar-refractivity contribution >= 4 is 0 Å². The number of aliphatic hydroxyl groups excluding tert-OH is 1. The summed E-state index contributed by atoms with van der Waals surface area (Å²) >= 11 is 0. The molecular weight excluding hydrogens is 226 g/mol. The van der Waals surface area contributed by atoms with Crippen LogP contribution >= 0.6 is 0 Å². The second-order valence-corrected chi connectivity index (χ2v) is 4.83. The molecule has 1 aliphatic rings. The molecule has 0 radical (unpaired) electrons. The average Bonchev–Trinajstić information content (AvgIpc) is 2.27. The van der Waals surface area contributed by atoms with Gasteiger partial charge in [0, 0.05) is 12.6 Å². The smallest absolute Gasteiger partial charge is 0.251 e. The normalized spacial score (nSPS) is 22.6. The summed E-state index contributed by atoms with van der Waals surface area (Å²) in [6.45, 7) is 1.84. The first-order chi connectivity index (χ1) is 8.13. The van der Waals surface area contributed by atoms with Crippen LogP contribution in [0.1, 0.15) is 25.7 Å². The number of nitrogens with zero attached hydrogens (tertiary/aromatic N) is 2. The number of hydrogen-bond acceptors (Lipinski definition) is 3. The van der Waals surface area contributed by atoms with Crippen molar-refractivity contribution in [2.45, 2.75) is 38.2 Å². The monoisotopic (exact) mass is 250 g/mol. The van der Waals surface area contributed by atoms with Crippen molar-refractivity contribution in [1.29, 1.82) is 0 Å². The average molecular weight is 250 g/mol. The molecule has 1 rings (SSSR count). The van der Waals surface area contributed by atoms with E-state index in [-0.39, 0.29) is 13.2 Å². The van der Waals surface area contributed by atoms with E-state index in [1.54, 1.807) is 4.90 Å². The molecule has 1 unspecified atom stereocenters. The fraction of sp³-hybridized carbons (Fsp3) is 1.00. The van der Waals surface area contributed by atoms with Crippen molar-refractivity contribution in [2.75, 3.05) is 39.8 Å². The lowest BCUT2D eigenvalue weighted by Crippen LogP contribution is -2.40. The molecule has 1 aliphatic heterocycles. The van der Waals surface area contributed by atoms with E-state index in [9.17, 15) is 8.78 Å². The summed E-state index contributed by atoms with van der Waals surface area (Å²) in [7, 11) is 2.10. The molecule has 0 bridgehead atoms. The van der Waals surface area contributed by atoms with Gasteiger partial charge in [-0.05, 0) is 39.4 Å². The molecule has 1 N–H and O–H groups in total. The third kappa shape index (κ3) is 5.75. The number of rotatable bonds is 7. The molecule has 3 nitrogen and oxygen atoms in total. The van der Waals surface area contributed by atoms with E-state index in [1.807, 2.05) is 0 Å². The van der Waals surface area contributed by atoms with Crippen LogP contribution in [-0.4, -0.2) is 67.2 Å². The highest BCUT2D eigenvalue weighted by atomic mass is 19.3. The van der Waals surface area contributed by atoms with Crippen LogP contribution in [0.15, 0.2) is 0 Å². The van der Waals surface area contributed by atoms with E-state index in [2.05, 4.69) is 11.9 Å². The zero-order valence-corrected chi connectivity index (χ0v) is 10.6. The maximum Gasteiger partial charge on any atom is 0.251 e. The van der Waals surface area contributed by atoms with Crippen LogP contribution < -0.4 is 0 Å². The zero-order valence-electron chi connectivity index (χ0n) is 10.6. The molecular formula is C12H24F2N2O. The Labute approximate surface area is 102 Å². The predicted octanol–water partition coefficient (Wildman–Crippen LogP) is 1.42.